The number of thiazole rings is 1. The molecule has 0 saturated carbocycles. The van der Waals surface area contributed by atoms with Gasteiger partial charge in [0.1, 0.15) is 5.75 Å². The van der Waals surface area contributed by atoms with Crippen molar-refractivity contribution in [1.82, 2.24) is 10.3 Å². The highest BCUT2D eigenvalue weighted by Crippen LogP contribution is 2.31. The van der Waals surface area contributed by atoms with Crippen LogP contribution in [0.15, 0.2) is 16.8 Å². The first-order valence-corrected chi connectivity index (χ1v) is 8.44. The maximum atomic E-state index is 5.26. The molecule has 20 heavy (non-hydrogen) atoms. The van der Waals surface area contributed by atoms with E-state index in [2.05, 4.69) is 37.5 Å². The molecule has 0 radical (unpaired) electrons. The van der Waals surface area contributed by atoms with Crippen molar-refractivity contribution in [3.8, 4) is 5.75 Å². The number of nitrogens with zero attached hydrogens (tertiary/aromatic N) is 1. The van der Waals surface area contributed by atoms with Crippen molar-refractivity contribution in [3.05, 3.63) is 32.4 Å². The fourth-order valence-electron chi connectivity index (χ4n) is 1.89. The molecule has 0 aliphatic rings. The Morgan fingerprint density at radius 1 is 1.30 bits per heavy atom. The molecule has 2 heterocycles. The van der Waals surface area contributed by atoms with Gasteiger partial charge in [0.15, 0.2) is 0 Å². The molecule has 0 amide bonds. The summed E-state index contributed by atoms with van der Waals surface area (Å²) in [5.41, 5.74) is 1.30. The van der Waals surface area contributed by atoms with Crippen molar-refractivity contribution in [2.24, 2.45) is 0 Å². The van der Waals surface area contributed by atoms with Gasteiger partial charge in [0.05, 0.1) is 17.8 Å². The number of likely N-dealkylation sites (N-methyl/N-ethyl adjacent to an activating group) is 1. The maximum Gasteiger partial charge on any atom is 0.129 e. The molecule has 0 fully saturated rings. The molecule has 0 aromatic carbocycles. The minimum Gasteiger partial charge on any atom is -0.496 e. The Bertz CT molecular complexity index is 554. The van der Waals surface area contributed by atoms with E-state index in [-0.39, 0.29) is 5.41 Å². The normalized spacial score (nSPS) is 13.4. The van der Waals surface area contributed by atoms with Crippen molar-refractivity contribution >= 4 is 22.7 Å². The molecule has 110 valence electrons. The first-order chi connectivity index (χ1) is 9.44. The molecule has 0 saturated heterocycles. The standard InChI is InChI=1S/C15H22N2OS2/c1-15(2,3)13-9-20-14(17-13)7-11(16-4)12-6-10(18-5)8-19-12/h6,8-9,11,16H,7H2,1-5H3. The van der Waals surface area contributed by atoms with Crippen LogP contribution in [0.4, 0.5) is 0 Å². The average molecular weight is 310 g/mol. The van der Waals surface area contributed by atoms with Crippen LogP contribution >= 0.6 is 22.7 Å². The Balaban J connectivity index is 2.12. The Hall–Kier alpha value is -0.910. The number of ether oxygens (including phenoxy) is 1. The van der Waals surface area contributed by atoms with Crippen molar-refractivity contribution in [3.63, 3.8) is 0 Å². The zero-order valence-corrected chi connectivity index (χ0v) is 14.3. The Labute approximate surface area is 129 Å². The van der Waals surface area contributed by atoms with E-state index >= 15 is 0 Å². The minimum absolute atomic E-state index is 0.121. The third-order valence-electron chi connectivity index (χ3n) is 3.22. The zero-order valence-electron chi connectivity index (χ0n) is 12.7. The van der Waals surface area contributed by atoms with Crippen LogP contribution in [0.3, 0.4) is 0 Å². The van der Waals surface area contributed by atoms with Crippen LogP contribution in [0.5, 0.6) is 5.75 Å². The zero-order chi connectivity index (χ0) is 14.8. The summed E-state index contributed by atoms with van der Waals surface area (Å²) in [6.07, 6.45) is 0.918. The van der Waals surface area contributed by atoms with Gasteiger partial charge in [-0.25, -0.2) is 4.98 Å². The number of rotatable bonds is 5. The van der Waals surface area contributed by atoms with Crippen molar-refractivity contribution in [2.75, 3.05) is 14.2 Å². The first-order valence-electron chi connectivity index (χ1n) is 6.68. The van der Waals surface area contributed by atoms with E-state index in [1.54, 1.807) is 29.8 Å². The molecule has 3 nitrogen and oxygen atoms in total. The number of hydrogen-bond acceptors (Lipinski definition) is 5. The van der Waals surface area contributed by atoms with Crippen molar-refractivity contribution < 1.29 is 4.74 Å². The quantitative estimate of drug-likeness (QED) is 0.906. The van der Waals surface area contributed by atoms with Gasteiger partial charge in [0, 0.05) is 33.5 Å². The summed E-state index contributed by atoms with van der Waals surface area (Å²) in [7, 11) is 3.70. The molecule has 2 aromatic rings. The number of nitrogens with one attached hydrogen (secondary N) is 1. The highest BCUT2D eigenvalue weighted by molar-refractivity contribution is 7.10. The molecule has 0 spiro atoms. The van der Waals surface area contributed by atoms with Crippen LogP contribution < -0.4 is 10.1 Å². The number of thiophene rings is 1. The Morgan fingerprint density at radius 3 is 2.55 bits per heavy atom. The fourth-order valence-corrected chi connectivity index (χ4v) is 3.93. The van der Waals surface area contributed by atoms with Gasteiger partial charge in [-0.15, -0.1) is 22.7 Å². The highest BCUT2D eigenvalue weighted by atomic mass is 32.1. The predicted molar refractivity (Wildman–Crippen MR) is 87.2 cm³/mol. The second kappa shape index (κ2) is 6.24. The molecule has 2 aromatic heterocycles. The van der Waals surface area contributed by atoms with E-state index in [1.165, 1.54) is 15.6 Å². The highest BCUT2D eigenvalue weighted by Gasteiger charge is 2.20. The van der Waals surface area contributed by atoms with Crippen LogP contribution in [0.25, 0.3) is 0 Å². The van der Waals surface area contributed by atoms with E-state index < -0.39 is 0 Å². The van der Waals surface area contributed by atoms with Gasteiger partial charge in [0.25, 0.3) is 0 Å². The van der Waals surface area contributed by atoms with Gasteiger partial charge < -0.3 is 10.1 Å². The summed E-state index contributed by atoms with van der Waals surface area (Å²) in [6, 6.07) is 2.40. The van der Waals surface area contributed by atoms with Crippen LogP contribution in [0.2, 0.25) is 0 Å². The summed E-state index contributed by atoms with van der Waals surface area (Å²) >= 11 is 3.48. The fraction of sp³-hybridized carbons (Fsp3) is 0.533. The molecule has 0 bridgehead atoms. The lowest BCUT2D eigenvalue weighted by molar-refractivity contribution is 0.416. The molecular weight excluding hydrogens is 288 g/mol. The largest absolute Gasteiger partial charge is 0.496 e. The average Bonchev–Trinajstić information content (AvgIpc) is 3.04. The second-order valence-corrected chi connectivity index (χ2v) is 7.70. The van der Waals surface area contributed by atoms with E-state index in [0.717, 1.165) is 12.2 Å². The van der Waals surface area contributed by atoms with E-state index in [9.17, 15) is 0 Å². The molecule has 1 unspecified atom stereocenters. The lowest BCUT2D eigenvalue weighted by atomic mass is 9.93. The molecule has 0 aliphatic carbocycles. The van der Waals surface area contributed by atoms with Crippen LogP contribution in [-0.2, 0) is 11.8 Å². The Morgan fingerprint density at radius 2 is 2.05 bits per heavy atom. The van der Waals surface area contributed by atoms with Gasteiger partial charge in [-0.05, 0) is 13.1 Å². The molecule has 1 N–H and O–H groups in total. The lowest BCUT2D eigenvalue weighted by Crippen LogP contribution is -2.18. The summed E-state index contributed by atoms with van der Waals surface area (Å²) in [6.45, 7) is 6.60. The first kappa shape index (κ1) is 15.5. The smallest absolute Gasteiger partial charge is 0.129 e. The second-order valence-electron chi connectivity index (χ2n) is 5.81. The third kappa shape index (κ3) is 3.59. The Kier molecular flexibility index (Phi) is 4.83. The van der Waals surface area contributed by atoms with Crippen LogP contribution in [0.1, 0.15) is 42.4 Å². The van der Waals surface area contributed by atoms with Crippen LogP contribution in [0, 0.1) is 0 Å². The SMILES string of the molecule is CNC(Cc1nc(C(C)(C)C)cs1)c1cc(OC)cs1. The predicted octanol–water partition coefficient (Wildman–Crippen LogP) is 4.01. The van der Waals surface area contributed by atoms with E-state index in [0.29, 0.717) is 6.04 Å². The maximum absolute atomic E-state index is 5.26. The number of hydrogen-bond donors (Lipinski definition) is 1. The summed E-state index contributed by atoms with van der Waals surface area (Å²) in [5, 5.41) is 8.78. The monoisotopic (exact) mass is 310 g/mol. The van der Waals surface area contributed by atoms with Gasteiger partial charge in [-0.2, -0.15) is 0 Å². The van der Waals surface area contributed by atoms with Gasteiger partial charge in [-0.1, -0.05) is 20.8 Å². The molecule has 5 heteroatoms. The minimum atomic E-state index is 0.121. The van der Waals surface area contributed by atoms with E-state index in [4.69, 9.17) is 9.72 Å². The van der Waals surface area contributed by atoms with Crippen molar-refractivity contribution in [2.45, 2.75) is 38.6 Å². The van der Waals surface area contributed by atoms with Crippen LogP contribution in [-0.4, -0.2) is 19.1 Å². The number of methoxy groups -OCH3 is 1. The summed E-state index contributed by atoms with van der Waals surface area (Å²) < 4.78 is 5.26. The summed E-state index contributed by atoms with van der Waals surface area (Å²) in [5.74, 6) is 0.930. The molecular formula is C15H22N2OS2. The lowest BCUT2D eigenvalue weighted by Gasteiger charge is -2.15. The van der Waals surface area contributed by atoms with E-state index in [1.807, 2.05) is 12.4 Å². The number of aromatic nitrogens is 1. The van der Waals surface area contributed by atoms with Crippen molar-refractivity contribution in [1.29, 1.82) is 0 Å². The summed E-state index contributed by atoms with van der Waals surface area (Å²) in [4.78, 5) is 6.06. The molecule has 1 atom stereocenters. The van der Waals surface area contributed by atoms with Gasteiger partial charge >= 0.3 is 0 Å². The van der Waals surface area contributed by atoms with Gasteiger partial charge in [-0.3, -0.25) is 0 Å². The third-order valence-corrected chi connectivity index (χ3v) is 5.12. The topological polar surface area (TPSA) is 34.2 Å². The van der Waals surface area contributed by atoms with Gasteiger partial charge in [0.2, 0.25) is 0 Å². The molecule has 0 aliphatic heterocycles. The molecule has 2 rings (SSSR count).